The number of carbonyl (C=O) groups excluding carboxylic acids is 1. The largest absolute Gasteiger partial charge is 0.466 e. The maximum absolute atomic E-state index is 11.6. The van der Waals surface area contributed by atoms with Gasteiger partial charge in [-0.25, -0.2) is 8.42 Å². The predicted octanol–water partition coefficient (Wildman–Crippen LogP) is -0.816. The molecule has 1 spiro atoms. The van der Waals surface area contributed by atoms with Gasteiger partial charge in [0.25, 0.3) is 0 Å². The Bertz CT molecular complexity index is 372. The highest BCUT2D eigenvalue weighted by atomic mass is 32.2. The summed E-state index contributed by atoms with van der Waals surface area (Å²) < 4.78 is 28.0. The van der Waals surface area contributed by atoms with Crippen LogP contribution in [0.25, 0.3) is 0 Å². The van der Waals surface area contributed by atoms with Gasteiger partial charge in [-0.05, 0) is 6.92 Å². The van der Waals surface area contributed by atoms with Gasteiger partial charge >= 0.3 is 5.97 Å². The fourth-order valence-corrected chi connectivity index (χ4v) is 4.78. The van der Waals surface area contributed by atoms with Gasteiger partial charge in [0.05, 0.1) is 24.0 Å². The SMILES string of the molecule is CCOC(=O)C1CS(=O)(=O)CC12CNC2. The third-order valence-electron chi connectivity index (χ3n) is 3.19. The lowest BCUT2D eigenvalue weighted by Crippen LogP contribution is -2.59. The molecule has 1 atom stereocenters. The molecular weight excluding hydrogens is 218 g/mol. The van der Waals surface area contributed by atoms with Crippen LogP contribution >= 0.6 is 0 Å². The van der Waals surface area contributed by atoms with Crippen molar-refractivity contribution in [3.63, 3.8) is 0 Å². The molecule has 1 N–H and O–H groups in total. The van der Waals surface area contributed by atoms with Gasteiger partial charge in [0.15, 0.2) is 9.84 Å². The average Bonchev–Trinajstić information content (AvgIpc) is 2.37. The highest BCUT2D eigenvalue weighted by Gasteiger charge is 2.57. The molecule has 5 nitrogen and oxygen atoms in total. The van der Waals surface area contributed by atoms with E-state index >= 15 is 0 Å². The van der Waals surface area contributed by atoms with Crippen LogP contribution in [0.15, 0.2) is 0 Å². The van der Waals surface area contributed by atoms with Crippen LogP contribution < -0.4 is 5.32 Å². The van der Waals surface area contributed by atoms with Crippen molar-refractivity contribution in [2.24, 2.45) is 11.3 Å². The monoisotopic (exact) mass is 233 g/mol. The highest BCUT2D eigenvalue weighted by molar-refractivity contribution is 7.91. The Labute approximate surface area is 89.1 Å². The van der Waals surface area contributed by atoms with E-state index in [1.807, 2.05) is 0 Å². The van der Waals surface area contributed by atoms with Crippen molar-refractivity contribution >= 4 is 15.8 Å². The first kappa shape index (κ1) is 10.9. The molecule has 2 heterocycles. The number of esters is 1. The zero-order valence-electron chi connectivity index (χ0n) is 8.65. The first-order valence-corrected chi connectivity index (χ1v) is 6.89. The molecule has 15 heavy (non-hydrogen) atoms. The van der Waals surface area contributed by atoms with Crippen molar-refractivity contribution in [1.82, 2.24) is 5.32 Å². The molecular formula is C9H15NO4S. The fraction of sp³-hybridized carbons (Fsp3) is 0.889. The molecule has 2 saturated heterocycles. The van der Waals surface area contributed by atoms with Gasteiger partial charge in [-0.3, -0.25) is 4.79 Å². The molecule has 2 rings (SSSR count). The Morgan fingerprint density at radius 1 is 1.53 bits per heavy atom. The van der Waals surface area contributed by atoms with Crippen molar-refractivity contribution in [2.45, 2.75) is 6.92 Å². The third kappa shape index (κ3) is 1.76. The van der Waals surface area contributed by atoms with E-state index in [0.717, 1.165) is 0 Å². The minimum atomic E-state index is -3.07. The van der Waals surface area contributed by atoms with Crippen molar-refractivity contribution < 1.29 is 17.9 Å². The van der Waals surface area contributed by atoms with Gasteiger partial charge in [-0.1, -0.05) is 0 Å². The average molecular weight is 233 g/mol. The number of ether oxygens (including phenoxy) is 1. The molecule has 1 unspecified atom stereocenters. The van der Waals surface area contributed by atoms with E-state index in [-0.39, 0.29) is 22.9 Å². The van der Waals surface area contributed by atoms with Crippen LogP contribution in [0, 0.1) is 11.3 Å². The minimum Gasteiger partial charge on any atom is -0.466 e. The Hall–Kier alpha value is -0.620. The van der Waals surface area contributed by atoms with Gasteiger partial charge in [-0.2, -0.15) is 0 Å². The standard InChI is InChI=1S/C9H15NO4S/c1-2-14-8(11)7-3-15(12,13)6-9(7)4-10-5-9/h7,10H,2-6H2,1H3. The maximum Gasteiger partial charge on any atom is 0.310 e. The second kappa shape index (κ2) is 3.45. The number of hydrogen-bond acceptors (Lipinski definition) is 5. The first-order valence-electron chi connectivity index (χ1n) is 5.07. The zero-order valence-corrected chi connectivity index (χ0v) is 9.47. The lowest BCUT2D eigenvalue weighted by atomic mass is 9.73. The van der Waals surface area contributed by atoms with E-state index in [0.29, 0.717) is 19.7 Å². The summed E-state index contributed by atoms with van der Waals surface area (Å²) >= 11 is 0. The molecule has 0 aliphatic carbocycles. The van der Waals surface area contributed by atoms with Crippen molar-refractivity contribution in [2.75, 3.05) is 31.2 Å². The van der Waals surface area contributed by atoms with Crippen LogP contribution in [0.5, 0.6) is 0 Å². The molecule has 0 bridgehead atoms. The van der Waals surface area contributed by atoms with Crippen LogP contribution in [0.4, 0.5) is 0 Å². The van der Waals surface area contributed by atoms with Crippen LogP contribution in [-0.4, -0.2) is 45.6 Å². The summed E-state index contributed by atoms with van der Waals surface area (Å²) in [7, 11) is -3.07. The topological polar surface area (TPSA) is 72.5 Å². The normalized spacial score (nSPS) is 31.1. The van der Waals surface area contributed by atoms with Gasteiger partial charge < -0.3 is 10.1 Å². The van der Waals surface area contributed by atoms with E-state index in [1.165, 1.54) is 0 Å². The molecule has 0 aromatic heterocycles. The van der Waals surface area contributed by atoms with Crippen LogP contribution in [0.1, 0.15) is 6.92 Å². The fourth-order valence-electron chi connectivity index (χ4n) is 2.38. The molecule has 6 heteroatoms. The Morgan fingerprint density at radius 3 is 2.67 bits per heavy atom. The van der Waals surface area contributed by atoms with Gasteiger partial charge in [-0.15, -0.1) is 0 Å². The number of rotatable bonds is 2. The first-order chi connectivity index (χ1) is 6.99. The molecule has 0 radical (unpaired) electrons. The van der Waals surface area contributed by atoms with E-state index in [4.69, 9.17) is 4.74 Å². The lowest BCUT2D eigenvalue weighted by molar-refractivity contribution is -0.152. The Balaban J connectivity index is 2.20. The van der Waals surface area contributed by atoms with E-state index in [9.17, 15) is 13.2 Å². The van der Waals surface area contributed by atoms with Gasteiger partial charge in [0, 0.05) is 18.5 Å². The molecule has 0 aromatic carbocycles. The Kier molecular flexibility index (Phi) is 2.50. The predicted molar refractivity (Wildman–Crippen MR) is 54.1 cm³/mol. The summed E-state index contributed by atoms with van der Waals surface area (Å²) in [6.45, 7) is 3.25. The summed E-state index contributed by atoms with van der Waals surface area (Å²) in [5, 5.41) is 3.04. The quantitative estimate of drug-likeness (QED) is 0.631. The summed E-state index contributed by atoms with van der Waals surface area (Å²) in [6, 6.07) is 0. The van der Waals surface area contributed by atoms with Crippen LogP contribution in [0.3, 0.4) is 0 Å². The second-order valence-corrected chi connectivity index (χ2v) is 6.43. The molecule has 2 aliphatic heterocycles. The summed E-state index contributed by atoms with van der Waals surface area (Å²) in [6.07, 6.45) is 0. The lowest BCUT2D eigenvalue weighted by Gasteiger charge is -2.41. The maximum atomic E-state index is 11.6. The van der Waals surface area contributed by atoms with Crippen molar-refractivity contribution in [3.05, 3.63) is 0 Å². The van der Waals surface area contributed by atoms with Gasteiger partial charge in [0.1, 0.15) is 0 Å². The molecule has 0 amide bonds. The Morgan fingerprint density at radius 2 is 2.20 bits per heavy atom. The third-order valence-corrected chi connectivity index (χ3v) is 5.05. The molecule has 0 aromatic rings. The summed E-state index contributed by atoms with van der Waals surface area (Å²) in [4.78, 5) is 11.6. The highest BCUT2D eigenvalue weighted by Crippen LogP contribution is 2.41. The number of hydrogen-bond donors (Lipinski definition) is 1. The minimum absolute atomic E-state index is 0.0481. The molecule has 0 saturated carbocycles. The number of sulfone groups is 1. The molecule has 86 valence electrons. The van der Waals surface area contributed by atoms with Crippen LogP contribution in [-0.2, 0) is 19.4 Å². The summed E-state index contributed by atoms with van der Waals surface area (Å²) in [5.74, 6) is -0.756. The van der Waals surface area contributed by atoms with Gasteiger partial charge in [0.2, 0.25) is 0 Å². The smallest absolute Gasteiger partial charge is 0.310 e. The number of nitrogens with one attached hydrogen (secondary N) is 1. The van der Waals surface area contributed by atoms with Crippen LogP contribution in [0.2, 0.25) is 0 Å². The van der Waals surface area contributed by atoms with E-state index in [2.05, 4.69) is 5.32 Å². The summed E-state index contributed by atoms with van der Waals surface area (Å²) in [5.41, 5.74) is -0.384. The second-order valence-electron chi connectivity index (χ2n) is 4.33. The molecule has 2 fully saturated rings. The van der Waals surface area contributed by atoms with Crippen molar-refractivity contribution in [1.29, 1.82) is 0 Å². The molecule has 2 aliphatic rings. The zero-order chi connectivity index (χ0) is 11.1. The van der Waals surface area contributed by atoms with E-state index in [1.54, 1.807) is 6.92 Å². The number of carbonyl (C=O) groups is 1. The van der Waals surface area contributed by atoms with Crippen molar-refractivity contribution in [3.8, 4) is 0 Å². The van der Waals surface area contributed by atoms with E-state index < -0.39 is 15.8 Å².